The lowest BCUT2D eigenvalue weighted by atomic mass is 9.94. The Hall–Kier alpha value is -1.65. The average molecular weight is 175 g/mol. The fraction of sp³-hybridized carbons (Fsp3) is 0. The molecule has 0 atom stereocenters. The molecule has 0 spiro atoms. The zero-order valence-electron chi connectivity index (χ0n) is 7.11. The molecule has 0 radical (unpaired) electrons. The molecule has 0 amide bonds. The van der Waals surface area contributed by atoms with Crippen molar-refractivity contribution in [3.8, 4) is 5.69 Å². The van der Waals surface area contributed by atoms with Gasteiger partial charge in [0.2, 0.25) is 0 Å². The van der Waals surface area contributed by atoms with Crippen LogP contribution < -0.4 is 5.46 Å². The molecular formula is C8H7BFN3. The van der Waals surface area contributed by atoms with Gasteiger partial charge in [-0.3, -0.25) is 0 Å². The van der Waals surface area contributed by atoms with Gasteiger partial charge in [-0.15, -0.1) is 5.10 Å². The van der Waals surface area contributed by atoms with Gasteiger partial charge >= 0.3 is 0 Å². The van der Waals surface area contributed by atoms with E-state index in [-0.39, 0.29) is 5.82 Å². The summed E-state index contributed by atoms with van der Waals surface area (Å²) in [5.41, 5.74) is 1.68. The van der Waals surface area contributed by atoms with Crippen LogP contribution in [0.3, 0.4) is 0 Å². The maximum absolute atomic E-state index is 12.9. The molecule has 3 nitrogen and oxygen atoms in total. The lowest BCUT2D eigenvalue weighted by molar-refractivity contribution is 0.625. The molecule has 0 aliphatic rings. The van der Waals surface area contributed by atoms with E-state index in [1.807, 2.05) is 7.85 Å². The van der Waals surface area contributed by atoms with Crippen molar-refractivity contribution in [1.29, 1.82) is 0 Å². The van der Waals surface area contributed by atoms with E-state index in [0.29, 0.717) is 0 Å². The summed E-state index contributed by atoms with van der Waals surface area (Å²) in [5.74, 6) is -0.267. The fourth-order valence-corrected chi connectivity index (χ4v) is 1.17. The minimum atomic E-state index is -0.267. The molecule has 5 heteroatoms. The van der Waals surface area contributed by atoms with E-state index >= 15 is 0 Å². The molecule has 1 aromatic heterocycles. The molecule has 64 valence electrons. The average Bonchev–Trinajstić information content (AvgIpc) is 2.61. The molecule has 0 fully saturated rings. The summed E-state index contributed by atoms with van der Waals surface area (Å²) >= 11 is 0. The Bertz CT molecular complexity index is 413. The highest BCUT2D eigenvalue weighted by Crippen LogP contribution is 2.04. The van der Waals surface area contributed by atoms with Crippen LogP contribution in [-0.4, -0.2) is 22.8 Å². The van der Waals surface area contributed by atoms with Crippen molar-refractivity contribution in [1.82, 2.24) is 15.0 Å². The molecule has 0 N–H and O–H groups in total. The first-order valence-corrected chi connectivity index (χ1v) is 3.90. The number of nitrogens with zero attached hydrogens (tertiary/aromatic N) is 3. The summed E-state index contributed by atoms with van der Waals surface area (Å²) < 4.78 is 14.4. The van der Waals surface area contributed by atoms with Gasteiger partial charge in [-0.2, -0.15) is 0 Å². The first kappa shape index (κ1) is 7.98. The van der Waals surface area contributed by atoms with Crippen LogP contribution in [0.25, 0.3) is 5.69 Å². The van der Waals surface area contributed by atoms with Crippen molar-refractivity contribution >= 4 is 13.3 Å². The number of aromatic nitrogens is 3. The molecule has 1 aromatic carbocycles. The van der Waals surface area contributed by atoms with E-state index < -0.39 is 0 Å². The predicted molar refractivity (Wildman–Crippen MR) is 49.5 cm³/mol. The van der Waals surface area contributed by atoms with Gasteiger partial charge in [0.25, 0.3) is 0 Å². The van der Waals surface area contributed by atoms with Crippen molar-refractivity contribution < 1.29 is 4.39 Å². The van der Waals surface area contributed by atoms with Gasteiger partial charge in [0.05, 0.1) is 18.1 Å². The molecule has 2 rings (SSSR count). The van der Waals surface area contributed by atoms with Crippen LogP contribution >= 0.6 is 0 Å². The highest BCUT2D eigenvalue weighted by molar-refractivity contribution is 6.34. The number of hydrogen-bond acceptors (Lipinski definition) is 2. The van der Waals surface area contributed by atoms with E-state index in [4.69, 9.17) is 0 Å². The standard InChI is InChI=1S/C8H7BFN3/c9-7-2-1-6(10)5-8(7)13-4-3-11-12-13/h1-5H,9H2. The second kappa shape index (κ2) is 3.01. The van der Waals surface area contributed by atoms with E-state index in [1.54, 1.807) is 23.1 Å². The van der Waals surface area contributed by atoms with Crippen LogP contribution in [-0.2, 0) is 0 Å². The Balaban J connectivity index is 2.57. The minimum Gasteiger partial charge on any atom is -0.221 e. The van der Waals surface area contributed by atoms with Crippen LogP contribution in [0.1, 0.15) is 0 Å². The third-order valence-corrected chi connectivity index (χ3v) is 1.84. The van der Waals surface area contributed by atoms with Crippen LogP contribution in [0.2, 0.25) is 0 Å². The van der Waals surface area contributed by atoms with Crippen molar-refractivity contribution in [3.63, 3.8) is 0 Å². The molecule has 0 saturated heterocycles. The molecule has 0 saturated carbocycles. The third-order valence-electron chi connectivity index (χ3n) is 1.84. The van der Waals surface area contributed by atoms with Crippen molar-refractivity contribution in [2.45, 2.75) is 0 Å². The number of hydrogen-bond donors (Lipinski definition) is 0. The van der Waals surface area contributed by atoms with Gasteiger partial charge in [-0.1, -0.05) is 16.7 Å². The van der Waals surface area contributed by atoms with Crippen LogP contribution in [0.15, 0.2) is 30.6 Å². The predicted octanol–water partition coefficient (Wildman–Crippen LogP) is -0.335. The van der Waals surface area contributed by atoms with Crippen LogP contribution in [0.4, 0.5) is 4.39 Å². The summed E-state index contributed by atoms with van der Waals surface area (Å²) in [7, 11) is 1.90. The van der Waals surface area contributed by atoms with Crippen molar-refractivity contribution in [3.05, 3.63) is 36.4 Å². The van der Waals surface area contributed by atoms with E-state index in [9.17, 15) is 4.39 Å². The number of halogens is 1. The molecule has 1 heterocycles. The summed E-state index contributed by atoms with van der Waals surface area (Å²) in [6.45, 7) is 0. The monoisotopic (exact) mass is 175 g/mol. The smallest absolute Gasteiger partial charge is 0.142 e. The number of benzene rings is 1. The van der Waals surface area contributed by atoms with Gasteiger partial charge in [0.15, 0.2) is 0 Å². The van der Waals surface area contributed by atoms with Gasteiger partial charge in [0, 0.05) is 0 Å². The molecule has 0 bridgehead atoms. The van der Waals surface area contributed by atoms with E-state index in [0.717, 1.165) is 11.2 Å². The largest absolute Gasteiger partial charge is 0.221 e. The Morgan fingerprint density at radius 3 is 2.92 bits per heavy atom. The summed E-state index contributed by atoms with van der Waals surface area (Å²) in [4.78, 5) is 0. The lowest BCUT2D eigenvalue weighted by Gasteiger charge is -2.03. The van der Waals surface area contributed by atoms with E-state index in [1.165, 1.54) is 12.1 Å². The Labute approximate surface area is 75.6 Å². The molecule has 2 aromatic rings. The van der Waals surface area contributed by atoms with Gasteiger partial charge in [-0.05, 0) is 12.1 Å². The molecular weight excluding hydrogens is 168 g/mol. The normalized spacial score (nSPS) is 10.2. The molecule has 0 aliphatic carbocycles. The summed E-state index contributed by atoms with van der Waals surface area (Å²) in [6, 6.07) is 4.58. The molecule has 0 unspecified atom stereocenters. The van der Waals surface area contributed by atoms with E-state index in [2.05, 4.69) is 10.3 Å². The van der Waals surface area contributed by atoms with Gasteiger partial charge < -0.3 is 0 Å². The SMILES string of the molecule is Bc1ccc(F)cc1-n1ccnn1. The first-order valence-electron chi connectivity index (χ1n) is 3.90. The minimum absolute atomic E-state index is 0.267. The van der Waals surface area contributed by atoms with Crippen LogP contribution in [0, 0.1) is 5.82 Å². The second-order valence-electron chi connectivity index (χ2n) is 2.78. The Morgan fingerprint density at radius 1 is 1.38 bits per heavy atom. The summed E-state index contributed by atoms with van der Waals surface area (Å²) in [6.07, 6.45) is 3.24. The first-order chi connectivity index (χ1) is 6.27. The zero-order valence-corrected chi connectivity index (χ0v) is 7.11. The number of rotatable bonds is 1. The van der Waals surface area contributed by atoms with Crippen LogP contribution in [0.5, 0.6) is 0 Å². The quantitative estimate of drug-likeness (QED) is 0.555. The summed E-state index contributed by atoms with van der Waals surface area (Å²) in [5, 5.41) is 7.45. The van der Waals surface area contributed by atoms with Crippen molar-refractivity contribution in [2.75, 3.05) is 0 Å². The highest BCUT2D eigenvalue weighted by atomic mass is 19.1. The zero-order chi connectivity index (χ0) is 9.26. The highest BCUT2D eigenvalue weighted by Gasteiger charge is 2.02. The van der Waals surface area contributed by atoms with Gasteiger partial charge in [-0.25, -0.2) is 9.07 Å². The molecule has 0 aliphatic heterocycles. The van der Waals surface area contributed by atoms with Crippen molar-refractivity contribution in [2.24, 2.45) is 0 Å². The Kier molecular flexibility index (Phi) is 1.85. The maximum atomic E-state index is 12.9. The third kappa shape index (κ3) is 1.45. The molecule has 13 heavy (non-hydrogen) atoms. The fourth-order valence-electron chi connectivity index (χ4n) is 1.17. The lowest BCUT2D eigenvalue weighted by Crippen LogP contribution is -2.13. The maximum Gasteiger partial charge on any atom is 0.142 e. The topological polar surface area (TPSA) is 30.7 Å². The Morgan fingerprint density at radius 2 is 2.23 bits per heavy atom. The second-order valence-corrected chi connectivity index (χ2v) is 2.78. The van der Waals surface area contributed by atoms with Gasteiger partial charge in [0.1, 0.15) is 13.7 Å².